The summed E-state index contributed by atoms with van der Waals surface area (Å²) in [6.45, 7) is 11.2. The molecule has 2 fully saturated rings. The molecule has 0 saturated carbocycles. The molecule has 8 heteroatoms. The SMILES string of the molecule is CCNC(=NCc1coc(-c2ccc(C)cc2)n1)N1CCN(CC(=O)N2CCCC2)CC1. The van der Waals surface area contributed by atoms with Crippen LogP contribution < -0.4 is 5.32 Å². The summed E-state index contributed by atoms with van der Waals surface area (Å²) >= 11 is 0. The molecule has 1 aromatic carbocycles. The van der Waals surface area contributed by atoms with Gasteiger partial charge in [0.25, 0.3) is 0 Å². The Labute approximate surface area is 190 Å². The molecule has 4 rings (SSSR count). The topological polar surface area (TPSA) is 77.2 Å². The molecule has 32 heavy (non-hydrogen) atoms. The van der Waals surface area contributed by atoms with E-state index in [-0.39, 0.29) is 5.91 Å². The van der Waals surface area contributed by atoms with Gasteiger partial charge < -0.3 is 19.5 Å². The van der Waals surface area contributed by atoms with E-state index in [2.05, 4.69) is 46.1 Å². The average Bonchev–Trinajstić information content (AvgIpc) is 3.50. The number of nitrogens with one attached hydrogen (secondary N) is 1. The van der Waals surface area contributed by atoms with Gasteiger partial charge in [0.15, 0.2) is 5.96 Å². The zero-order valence-electron chi connectivity index (χ0n) is 19.2. The number of carbonyl (C=O) groups excluding carboxylic acids is 1. The van der Waals surface area contributed by atoms with Crippen molar-refractivity contribution in [2.75, 3.05) is 52.4 Å². The fourth-order valence-electron chi connectivity index (χ4n) is 4.17. The zero-order valence-corrected chi connectivity index (χ0v) is 19.2. The molecule has 0 spiro atoms. The van der Waals surface area contributed by atoms with Crippen LogP contribution in [0.2, 0.25) is 0 Å². The van der Waals surface area contributed by atoms with Crippen LogP contribution in [-0.4, -0.2) is 83.9 Å². The van der Waals surface area contributed by atoms with Crippen molar-refractivity contribution in [2.45, 2.75) is 33.2 Å². The van der Waals surface area contributed by atoms with E-state index in [4.69, 9.17) is 9.41 Å². The van der Waals surface area contributed by atoms with Crippen molar-refractivity contribution in [3.8, 4) is 11.5 Å². The van der Waals surface area contributed by atoms with Crippen LogP contribution in [-0.2, 0) is 11.3 Å². The Morgan fingerprint density at radius 3 is 2.47 bits per heavy atom. The van der Waals surface area contributed by atoms with Crippen molar-refractivity contribution in [3.63, 3.8) is 0 Å². The number of benzene rings is 1. The van der Waals surface area contributed by atoms with Gasteiger partial charge in [0, 0.05) is 51.4 Å². The minimum Gasteiger partial charge on any atom is -0.444 e. The molecule has 0 bridgehead atoms. The van der Waals surface area contributed by atoms with Crippen LogP contribution >= 0.6 is 0 Å². The number of aliphatic imine (C=N–C) groups is 1. The molecular formula is C24H34N6O2. The molecule has 1 N–H and O–H groups in total. The van der Waals surface area contributed by atoms with Crippen LogP contribution in [0.4, 0.5) is 0 Å². The van der Waals surface area contributed by atoms with Crippen molar-refractivity contribution < 1.29 is 9.21 Å². The van der Waals surface area contributed by atoms with Gasteiger partial charge in [-0.3, -0.25) is 9.69 Å². The molecule has 1 aromatic heterocycles. The molecule has 2 aliphatic heterocycles. The Morgan fingerprint density at radius 1 is 1.06 bits per heavy atom. The first-order valence-electron chi connectivity index (χ1n) is 11.7. The van der Waals surface area contributed by atoms with E-state index >= 15 is 0 Å². The minimum atomic E-state index is 0.270. The van der Waals surface area contributed by atoms with Crippen molar-refractivity contribution in [1.29, 1.82) is 0 Å². The highest BCUT2D eigenvalue weighted by Gasteiger charge is 2.24. The number of guanidine groups is 1. The molecule has 3 heterocycles. The van der Waals surface area contributed by atoms with Gasteiger partial charge in [0.1, 0.15) is 12.0 Å². The molecule has 2 aromatic rings. The third-order valence-corrected chi connectivity index (χ3v) is 6.07. The molecule has 2 aliphatic rings. The highest BCUT2D eigenvalue weighted by atomic mass is 16.3. The van der Waals surface area contributed by atoms with E-state index in [1.54, 1.807) is 6.26 Å². The Morgan fingerprint density at radius 2 is 1.78 bits per heavy atom. The Bertz CT molecular complexity index is 909. The van der Waals surface area contributed by atoms with Gasteiger partial charge in [-0.05, 0) is 38.8 Å². The number of hydrogen-bond donors (Lipinski definition) is 1. The van der Waals surface area contributed by atoms with E-state index in [1.807, 2.05) is 17.0 Å². The largest absolute Gasteiger partial charge is 0.444 e. The van der Waals surface area contributed by atoms with Gasteiger partial charge in [0.05, 0.1) is 13.1 Å². The van der Waals surface area contributed by atoms with Gasteiger partial charge in [-0.1, -0.05) is 17.7 Å². The summed E-state index contributed by atoms with van der Waals surface area (Å²) in [5.41, 5.74) is 2.99. The first-order chi connectivity index (χ1) is 15.6. The summed E-state index contributed by atoms with van der Waals surface area (Å²) in [7, 11) is 0. The summed E-state index contributed by atoms with van der Waals surface area (Å²) in [6.07, 6.45) is 3.96. The Kier molecular flexibility index (Phi) is 7.42. The molecular weight excluding hydrogens is 404 g/mol. The maximum atomic E-state index is 12.4. The number of rotatable bonds is 6. The molecule has 2 saturated heterocycles. The second kappa shape index (κ2) is 10.6. The normalized spacial score (nSPS) is 17.8. The van der Waals surface area contributed by atoms with Crippen LogP contribution in [0.1, 0.15) is 31.0 Å². The summed E-state index contributed by atoms with van der Waals surface area (Å²) < 4.78 is 5.66. The lowest BCUT2D eigenvalue weighted by Gasteiger charge is -2.36. The predicted molar refractivity (Wildman–Crippen MR) is 125 cm³/mol. The lowest BCUT2D eigenvalue weighted by atomic mass is 10.1. The number of oxazole rings is 1. The smallest absolute Gasteiger partial charge is 0.236 e. The predicted octanol–water partition coefficient (Wildman–Crippen LogP) is 2.36. The number of amides is 1. The van der Waals surface area contributed by atoms with Gasteiger partial charge in [-0.15, -0.1) is 0 Å². The summed E-state index contributed by atoms with van der Waals surface area (Å²) in [5, 5.41) is 3.39. The maximum Gasteiger partial charge on any atom is 0.236 e. The van der Waals surface area contributed by atoms with Crippen LogP contribution in [0.3, 0.4) is 0 Å². The number of hydrogen-bond acceptors (Lipinski definition) is 5. The maximum absolute atomic E-state index is 12.4. The Balaban J connectivity index is 1.31. The van der Waals surface area contributed by atoms with Crippen LogP contribution in [0, 0.1) is 6.92 Å². The van der Waals surface area contributed by atoms with Crippen LogP contribution in [0.5, 0.6) is 0 Å². The summed E-state index contributed by atoms with van der Waals surface area (Å²) in [5.74, 6) is 1.78. The zero-order chi connectivity index (χ0) is 22.3. The van der Waals surface area contributed by atoms with Crippen molar-refractivity contribution in [2.24, 2.45) is 4.99 Å². The minimum absolute atomic E-state index is 0.270. The fourth-order valence-corrected chi connectivity index (χ4v) is 4.17. The first-order valence-corrected chi connectivity index (χ1v) is 11.7. The average molecular weight is 439 g/mol. The molecule has 0 atom stereocenters. The van der Waals surface area contributed by atoms with Crippen molar-refractivity contribution >= 4 is 11.9 Å². The molecule has 0 unspecified atom stereocenters. The van der Waals surface area contributed by atoms with Crippen molar-refractivity contribution in [1.82, 2.24) is 25.0 Å². The van der Waals surface area contributed by atoms with Crippen LogP contribution in [0.15, 0.2) is 39.9 Å². The second-order valence-electron chi connectivity index (χ2n) is 8.53. The van der Waals surface area contributed by atoms with Gasteiger partial charge in [-0.25, -0.2) is 9.98 Å². The number of carbonyl (C=O) groups is 1. The fraction of sp³-hybridized carbons (Fsp3) is 0.542. The van der Waals surface area contributed by atoms with E-state index in [9.17, 15) is 4.79 Å². The number of piperazine rings is 1. The number of nitrogens with zero attached hydrogens (tertiary/aromatic N) is 5. The lowest BCUT2D eigenvalue weighted by molar-refractivity contribution is -0.131. The Hall–Kier alpha value is -2.87. The van der Waals surface area contributed by atoms with Gasteiger partial charge >= 0.3 is 0 Å². The highest BCUT2D eigenvalue weighted by Crippen LogP contribution is 2.19. The lowest BCUT2D eigenvalue weighted by Crippen LogP contribution is -2.54. The van der Waals surface area contributed by atoms with E-state index in [0.29, 0.717) is 19.0 Å². The van der Waals surface area contributed by atoms with E-state index in [1.165, 1.54) is 5.56 Å². The summed E-state index contributed by atoms with van der Waals surface area (Å²) in [6, 6.07) is 8.15. The van der Waals surface area contributed by atoms with Gasteiger partial charge in [-0.2, -0.15) is 0 Å². The molecule has 1 amide bonds. The molecule has 0 radical (unpaired) electrons. The third-order valence-electron chi connectivity index (χ3n) is 6.07. The second-order valence-corrected chi connectivity index (χ2v) is 8.53. The molecule has 8 nitrogen and oxygen atoms in total. The quantitative estimate of drug-likeness (QED) is 0.551. The number of likely N-dealkylation sites (tertiary alicyclic amines) is 1. The summed E-state index contributed by atoms with van der Waals surface area (Å²) in [4.78, 5) is 28.3. The highest BCUT2D eigenvalue weighted by molar-refractivity contribution is 5.80. The first kappa shape index (κ1) is 22.3. The number of aromatic nitrogens is 1. The van der Waals surface area contributed by atoms with Gasteiger partial charge in [0.2, 0.25) is 11.8 Å². The van der Waals surface area contributed by atoms with E-state index < -0.39 is 0 Å². The number of aryl methyl sites for hydroxylation is 1. The standard InChI is InChI=1S/C24H34N6O2/c1-3-25-24(26-16-21-18-32-23(27-21)20-8-6-19(2)7-9-20)30-14-12-28(13-15-30)17-22(31)29-10-4-5-11-29/h6-9,18H,3-5,10-17H2,1-2H3,(H,25,26). The molecule has 172 valence electrons. The van der Waals surface area contributed by atoms with E-state index in [0.717, 1.165) is 75.9 Å². The third kappa shape index (κ3) is 5.68. The monoisotopic (exact) mass is 438 g/mol. The van der Waals surface area contributed by atoms with Crippen molar-refractivity contribution in [3.05, 3.63) is 41.8 Å². The van der Waals surface area contributed by atoms with Crippen LogP contribution in [0.25, 0.3) is 11.5 Å². The molecule has 0 aliphatic carbocycles.